The van der Waals surface area contributed by atoms with Crippen molar-refractivity contribution in [2.45, 2.75) is 19.6 Å². The molecule has 1 aliphatic rings. The molecule has 0 aliphatic carbocycles. The normalized spacial score (nSPS) is 21.8. The van der Waals surface area contributed by atoms with Crippen LogP contribution in [0.1, 0.15) is 12.5 Å². The van der Waals surface area contributed by atoms with Gasteiger partial charge in [-0.3, -0.25) is 0 Å². The summed E-state index contributed by atoms with van der Waals surface area (Å²) in [7, 11) is 0. The van der Waals surface area contributed by atoms with Crippen molar-refractivity contribution < 1.29 is 9.53 Å². The van der Waals surface area contributed by atoms with Gasteiger partial charge in [-0.15, -0.1) is 0 Å². The number of nitrogens with zero attached hydrogens (tertiary/aromatic N) is 4. The first-order valence-electron chi connectivity index (χ1n) is 6.20. The van der Waals surface area contributed by atoms with Gasteiger partial charge in [0.2, 0.25) is 0 Å². The van der Waals surface area contributed by atoms with Crippen molar-refractivity contribution in [3.8, 4) is 0 Å². The molecule has 6 heteroatoms. The van der Waals surface area contributed by atoms with Crippen LogP contribution in [0.3, 0.4) is 0 Å². The SMILES string of the molecule is C[C@H]1CN(C(=O)OCc2ccccc2)C[C@H]1N=[N+]=[N-]. The first-order chi connectivity index (χ1) is 9.20. The second kappa shape index (κ2) is 6.11. The van der Waals surface area contributed by atoms with Crippen molar-refractivity contribution >= 4 is 6.09 Å². The number of likely N-dealkylation sites (tertiary alicyclic amines) is 1. The summed E-state index contributed by atoms with van der Waals surface area (Å²) in [6.45, 7) is 3.22. The van der Waals surface area contributed by atoms with Crippen molar-refractivity contribution in [1.82, 2.24) is 4.90 Å². The van der Waals surface area contributed by atoms with Gasteiger partial charge in [-0.1, -0.05) is 42.4 Å². The molecular formula is C13H16N4O2. The predicted octanol–water partition coefficient (Wildman–Crippen LogP) is 2.95. The van der Waals surface area contributed by atoms with E-state index in [1.54, 1.807) is 4.90 Å². The molecule has 1 aromatic rings. The molecule has 19 heavy (non-hydrogen) atoms. The highest BCUT2D eigenvalue weighted by molar-refractivity contribution is 5.68. The molecule has 6 nitrogen and oxygen atoms in total. The third kappa shape index (κ3) is 3.39. The molecule has 0 aromatic heterocycles. The van der Waals surface area contributed by atoms with Crippen molar-refractivity contribution in [3.05, 3.63) is 46.3 Å². The number of hydrogen-bond donors (Lipinski definition) is 0. The Morgan fingerprint density at radius 1 is 1.47 bits per heavy atom. The smallest absolute Gasteiger partial charge is 0.410 e. The molecule has 0 spiro atoms. The van der Waals surface area contributed by atoms with Gasteiger partial charge in [-0.25, -0.2) is 4.79 Å². The monoisotopic (exact) mass is 260 g/mol. The summed E-state index contributed by atoms with van der Waals surface area (Å²) in [5, 5.41) is 3.69. The van der Waals surface area contributed by atoms with Gasteiger partial charge in [0.25, 0.3) is 0 Å². The van der Waals surface area contributed by atoms with E-state index >= 15 is 0 Å². The minimum atomic E-state index is -0.355. The van der Waals surface area contributed by atoms with Gasteiger partial charge in [-0.2, -0.15) is 0 Å². The average Bonchev–Trinajstić information content (AvgIpc) is 2.79. The number of benzene rings is 1. The second-order valence-electron chi connectivity index (χ2n) is 4.69. The van der Waals surface area contributed by atoms with Crippen LogP contribution in [0.15, 0.2) is 35.4 Å². The Kier molecular flexibility index (Phi) is 4.26. The molecule has 0 unspecified atom stereocenters. The number of rotatable bonds is 3. The van der Waals surface area contributed by atoms with Crippen molar-refractivity contribution in [2.24, 2.45) is 11.0 Å². The number of hydrogen-bond acceptors (Lipinski definition) is 3. The van der Waals surface area contributed by atoms with Gasteiger partial charge >= 0.3 is 6.09 Å². The number of amides is 1. The fraction of sp³-hybridized carbons (Fsp3) is 0.462. The molecule has 1 saturated heterocycles. The van der Waals surface area contributed by atoms with Crippen LogP contribution in [0.4, 0.5) is 4.79 Å². The van der Waals surface area contributed by atoms with Gasteiger partial charge in [0.05, 0.1) is 6.04 Å². The Bertz CT molecular complexity index is 485. The summed E-state index contributed by atoms with van der Waals surface area (Å²) < 4.78 is 5.24. The molecule has 0 N–H and O–H groups in total. The third-order valence-electron chi connectivity index (χ3n) is 3.24. The van der Waals surface area contributed by atoms with Crippen LogP contribution >= 0.6 is 0 Å². The van der Waals surface area contributed by atoms with E-state index in [-0.39, 0.29) is 24.7 Å². The standard InChI is InChI=1S/C13H16N4O2/c1-10-7-17(8-12(10)15-16-14)13(18)19-9-11-5-3-2-4-6-11/h2-6,10,12H,7-9H2,1H3/t10-,12+/m0/s1. The lowest BCUT2D eigenvalue weighted by molar-refractivity contribution is 0.103. The predicted molar refractivity (Wildman–Crippen MR) is 70.3 cm³/mol. The fourth-order valence-electron chi connectivity index (χ4n) is 2.13. The molecular weight excluding hydrogens is 244 g/mol. The highest BCUT2D eigenvalue weighted by Gasteiger charge is 2.32. The second-order valence-corrected chi connectivity index (χ2v) is 4.69. The fourth-order valence-corrected chi connectivity index (χ4v) is 2.13. The quantitative estimate of drug-likeness (QED) is 0.476. The van der Waals surface area contributed by atoms with E-state index in [2.05, 4.69) is 10.0 Å². The zero-order valence-electron chi connectivity index (χ0n) is 10.8. The van der Waals surface area contributed by atoms with Crippen LogP contribution in [0.25, 0.3) is 10.4 Å². The lowest BCUT2D eigenvalue weighted by Gasteiger charge is -2.15. The minimum Gasteiger partial charge on any atom is -0.445 e. The Hall–Kier alpha value is -2.20. The van der Waals surface area contributed by atoms with E-state index < -0.39 is 0 Å². The maximum atomic E-state index is 11.9. The molecule has 1 amide bonds. The Morgan fingerprint density at radius 2 is 2.21 bits per heavy atom. The first-order valence-corrected chi connectivity index (χ1v) is 6.20. The van der Waals surface area contributed by atoms with Crippen molar-refractivity contribution in [2.75, 3.05) is 13.1 Å². The van der Waals surface area contributed by atoms with Crippen LogP contribution in [0.5, 0.6) is 0 Å². The molecule has 1 aromatic carbocycles. The summed E-state index contributed by atoms with van der Waals surface area (Å²) in [5.74, 6) is 0.167. The van der Waals surface area contributed by atoms with Crippen LogP contribution in [-0.4, -0.2) is 30.1 Å². The van der Waals surface area contributed by atoms with Gasteiger partial charge in [0, 0.05) is 18.0 Å². The van der Waals surface area contributed by atoms with Crippen LogP contribution < -0.4 is 0 Å². The Balaban J connectivity index is 1.86. The molecule has 1 aliphatic heterocycles. The maximum Gasteiger partial charge on any atom is 0.410 e. The number of carbonyl (C=O) groups excluding carboxylic acids is 1. The Morgan fingerprint density at radius 3 is 2.89 bits per heavy atom. The molecule has 1 heterocycles. The van der Waals surface area contributed by atoms with Crippen LogP contribution in [0.2, 0.25) is 0 Å². The maximum absolute atomic E-state index is 11.9. The van der Waals surface area contributed by atoms with E-state index in [1.807, 2.05) is 37.3 Å². The highest BCUT2D eigenvalue weighted by atomic mass is 16.6. The van der Waals surface area contributed by atoms with E-state index in [0.717, 1.165) is 5.56 Å². The molecule has 1 fully saturated rings. The molecule has 2 rings (SSSR count). The number of ether oxygens (including phenoxy) is 1. The molecule has 0 radical (unpaired) electrons. The van der Waals surface area contributed by atoms with E-state index in [0.29, 0.717) is 13.1 Å². The van der Waals surface area contributed by atoms with E-state index in [1.165, 1.54) is 0 Å². The van der Waals surface area contributed by atoms with Gasteiger partial charge < -0.3 is 9.64 Å². The molecule has 2 atom stereocenters. The van der Waals surface area contributed by atoms with E-state index in [4.69, 9.17) is 10.3 Å². The van der Waals surface area contributed by atoms with Gasteiger partial charge in [-0.05, 0) is 17.0 Å². The van der Waals surface area contributed by atoms with Crippen LogP contribution in [0, 0.1) is 5.92 Å². The first kappa shape index (κ1) is 13.2. The molecule has 100 valence electrons. The summed E-state index contributed by atoms with van der Waals surface area (Å²) in [6, 6.07) is 9.37. The van der Waals surface area contributed by atoms with Gasteiger partial charge in [0.1, 0.15) is 6.61 Å². The zero-order valence-corrected chi connectivity index (χ0v) is 10.8. The lowest BCUT2D eigenvalue weighted by atomic mass is 10.1. The average molecular weight is 260 g/mol. The van der Waals surface area contributed by atoms with Gasteiger partial charge in [0.15, 0.2) is 0 Å². The zero-order chi connectivity index (χ0) is 13.7. The summed E-state index contributed by atoms with van der Waals surface area (Å²) in [4.78, 5) is 16.3. The summed E-state index contributed by atoms with van der Waals surface area (Å²) in [6.07, 6.45) is -0.355. The largest absolute Gasteiger partial charge is 0.445 e. The Labute approximate surface area is 111 Å². The van der Waals surface area contributed by atoms with Crippen molar-refractivity contribution in [1.29, 1.82) is 0 Å². The number of carbonyl (C=O) groups is 1. The summed E-state index contributed by atoms with van der Waals surface area (Å²) in [5.41, 5.74) is 9.40. The summed E-state index contributed by atoms with van der Waals surface area (Å²) >= 11 is 0. The lowest BCUT2D eigenvalue weighted by Crippen LogP contribution is -2.29. The van der Waals surface area contributed by atoms with Crippen molar-refractivity contribution in [3.63, 3.8) is 0 Å². The third-order valence-corrected chi connectivity index (χ3v) is 3.24. The minimum absolute atomic E-state index is 0.158. The van der Waals surface area contributed by atoms with Crippen LogP contribution in [-0.2, 0) is 11.3 Å². The molecule has 0 saturated carbocycles. The topological polar surface area (TPSA) is 78.3 Å². The van der Waals surface area contributed by atoms with E-state index in [9.17, 15) is 4.79 Å². The number of azide groups is 1. The molecule has 0 bridgehead atoms. The highest BCUT2D eigenvalue weighted by Crippen LogP contribution is 2.20.